The fourth-order valence-electron chi connectivity index (χ4n) is 2.67. The number of anilines is 1. The quantitative estimate of drug-likeness (QED) is 0.924. The number of hydrogen-bond acceptors (Lipinski definition) is 3. The molecule has 1 N–H and O–H groups in total. The van der Waals surface area contributed by atoms with Crippen LogP contribution in [-0.2, 0) is 0 Å². The molecule has 2 atom stereocenters. The van der Waals surface area contributed by atoms with Gasteiger partial charge in [0.15, 0.2) is 0 Å². The molecule has 1 unspecified atom stereocenters. The van der Waals surface area contributed by atoms with Gasteiger partial charge in [-0.2, -0.15) is 0 Å². The van der Waals surface area contributed by atoms with E-state index < -0.39 is 6.10 Å². The lowest BCUT2D eigenvalue weighted by molar-refractivity contribution is 0.198. The highest BCUT2D eigenvalue weighted by molar-refractivity contribution is 9.10. The molecule has 0 bridgehead atoms. The molecular weight excluding hydrogens is 304 g/mol. The second-order valence-corrected chi connectivity index (χ2v) is 6.22. The topological polar surface area (TPSA) is 26.7 Å². The molecule has 1 aromatic carbocycles. The Morgan fingerprint density at radius 1 is 1.42 bits per heavy atom. The van der Waals surface area contributed by atoms with Gasteiger partial charge in [-0.3, -0.25) is 4.90 Å². The number of rotatable bonds is 3. The van der Waals surface area contributed by atoms with Crippen LogP contribution < -0.4 is 4.90 Å². The highest BCUT2D eigenvalue weighted by Crippen LogP contribution is 2.29. The number of nitrogens with zero attached hydrogens (tertiary/aromatic N) is 2. The Bertz CT molecular complexity index is 436. The lowest BCUT2D eigenvalue weighted by Gasteiger charge is -2.40. The van der Waals surface area contributed by atoms with Gasteiger partial charge in [0.2, 0.25) is 0 Å². The Balaban J connectivity index is 2.16. The monoisotopic (exact) mass is 326 g/mol. The number of likely N-dealkylation sites (N-methyl/N-ethyl adjacent to an activating group) is 1. The smallest absolute Gasteiger partial charge is 0.0772 e. The fraction of sp³-hybridized carbons (Fsp3) is 0.600. The van der Waals surface area contributed by atoms with Crippen molar-refractivity contribution in [1.29, 1.82) is 0 Å². The number of hydrogen-bond donors (Lipinski definition) is 1. The molecule has 4 heteroatoms. The van der Waals surface area contributed by atoms with Crippen LogP contribution in [0.15, 0.2) is 22.7 Å². The first-order valence-corrected chi connectivity index (χ1v) is 7.75. The molecule has 0 saturated carbocycles. The van der Waals surface area contributed by atoms with Crippen LogP contribution >= 0.6 is 15.9 Å². The third kappa shape index (κ3) is 3.30. The van der Waals surface area contributed by atoms with Crippen LogP contribution in [0, 0.1) is 0 Å². The zero-order valence-electron chi connectivity index (χ0n) is 11.9. The van der Waals surface area contributed by atoms with Crippen molar-refractivity contribution in [2.75, 3.05) is 31.6 Å². The molecule has 0 radical (unpaired) electrons. The third-order valence-electron chi connectivity index (χ3n) is 4.05. The molecule has 1 saturated heterocycles. The Kier molecular flexibility index (Phi) is 4.87. The van der Waals surface area contributed by atoms with E-state index in [1.165, 1.54) is 12.1 Å². The maximum Gasteiger partial charge on any atom is 0.0772 e. The van der Waals surface area contributed by atoms with E-state index in [1.54, 1.807) is 6.92 Å². The first kappa shape index (κ1) is 14.8. The summed E-state index contributed by atoms with van der Waals surface area (Å²) < 4.78 is 0.993. The van der Waals surface area contributed by atoms with Crippen LogP contribution in [0.5, 0.6) is 0 Å². The molecule has 0 aromatic heterocycles. The van der Waals surface area contributed by atoms with Gasteiger partial charge in [-0.1, -0.05) is 28.9 Å². The second-order valence-electron chi connectivity index (χ2n) is 5.37. The number of aliphatic hydroxyl groups excluding tert-OH is 1. The van der Waals surface area contributed by atoms with Crippen molar-refractivity contribution >= 4 is 21.6 Å². The first-order chi connectivity index (χ1) is 9.02. The van der Waals surface area contributed by atoms with E-state index >= 15 is 0 Å². The number of benzene rings is 1. The SMILES string of the molecule is CCC1CN(c2ccc([C@H](C)O)c(Br)c2)CCN1C. The Labute approximate surface area is 124 Å². The molecule has 19 heavy (non-hydrogen) atoms. The lowest BCUT2D eigenvalue weighted by atomic mass is 10.1. The third-order valence-corrected chi connectivity index (χ3v) is 4.73. The highest BCUT2D eigenvalue weighted by atomic mass is 79.9. The second kappa shape index (κ2) is 6.25. The minimum absolute atomic E-state index is 0.431. The standard InChI is InChI=1S/C15H23BrN2O/c1-4-12-10-18(8-7-17(12)3)13-5-6-14(11(2)19)15(16)9-13/h5-6,9,11-12,19H,4,7-8,10H2,1-3H3/t11-,12?/m0/s1. The summed E-state index contributed by atoms with van der Waals surface area (Å²) >= 11 is 3.56. The summed E-state index contributed by atoms with van der Waals surface area (Å²) in [5.41, 5.74) is 2.19. The van der Waals surface area contributed by atoms with Gasteiger partial charge in [0.05, 0.1) is 6.10 Å². The van der Waals surface area contributed by atoms with Gasteiger partial charge in [0.1, 0.15) is 0 Å². The van der Waals surface area contributed by atoms with E-state index in [1.807, 2.05) is 6.07 Å². The molecule has 1 aliphatic rings. The van der Waals surface area contributed by atoms with E-state index in [-0.39, 0.29) is 0 Å². The molecule has 1 aromatic rings. The summed E-state index contributed by atoms with van der Waals surface area (Å²) in [7, 11) is 2.21. The van der Waals surface area contributed by atoms with Crippen LogP contribution in [0.4, 0.5) is 5.69 Å². The number of halogens is 1. The van der Waals surface area contributed by atoms with E-state index in [0.717, 1.165) is 29.7 Å². The molecule has 2 rings (SSSR count). The molecule has 106 valence electrons. The van der Waals surface area contributed by atoms with Gasteiger partial charge in [0.25, 0.3) is 0 Å². The van der Waals surface area contributed by atoms with Gasteiger partial charge >= 0.3 is 0 Å². The van der Waals surface area contributed by atoms with E-state index in [4.69, 9.17) is 0 Å². The van der Waals surface area contributed by atoms with Gasteiger partial charge in [0, 0.05) is 35.8 Å². The molecule has 1 fully saturated rings. The van der Waals surface area contributed by atoms with Gasteiger partial charge < -0.3 is 10.0 Å². The van der Waals surface area contributed by atoms with Crippen molar-refractivity contribution in [2.24, 2.45) is 0 Å². The zero-order valence-corrected chi connectivity index (χ0v) is 13.5. The van der Waals surface area contributed by atoms with E-state index in [9.17, 15) is 5.11 Å². The largest absolute Gasteiger partial charge is 0.389 e. The summed E-state index contributed by atoms with van der Waals surface area (Å²) in [5, 5.41) is 9.67. The molecular formula is C15H23BrN2O. The average molecular weight is 327 g/mol. The van der Waals surface area contributed by atoms with E-state index in [2.05, 4.69) is 51.8 Å². The first-order valence-electron chi connectivity index (χ1n) is 6.95. The maximum atomic E-state index is 9.67. The van der Waals surface area contributed by atoms with Crippen LogP contribution in [0.2, 0.25) is 0 Å². The summed E-state index contributed by atoms with van der Waals surface area (Å²) in [6.07, 6.45) is 0.749. The highest BCUT2D eigenvalue weighted by Gasteiger charge is 2.23. The fourth-order valence-corrected chi connectivity index (χ4v) is 3.37. The predicted octanol–water partition coefficient (Wildman–Crippen LogP) is 3.03. The molecule has 0 spiro atoms. The van der Waals surface area contributed by atoms with Crippen molar-refractivity contribution in [3.05, 3.63) is 28.2 Å². The van der Waals surface area contributed by atoms with Crippen LogP contribution in [0.25, 0.3) is 0 Å². The van der Waals surface area contributed by atoms with Crippen molar-refractivity contribution in [1.82, 2.24) is 4.90 Å². The summed E-state index contributed by atoms with van der Waals surface area (Å²) in [6, 6.07) is 6.89. The summed E-state index contributed by atoms with van der Waals surface area (Å²) in [5.74, 6) is 0. The minimum Gasteiger partial charge on any atom is -0.389 e. The van der Waals surface area contributed by atoms with Gasteiger partial charge in [-0.25, -0.2) is 0 Å². The van der Waals surface area contributed by atoms with Crippen LogP contribution in [-0.4, -0.2) is 42.7 Å². The van der Waals surface area contributed by atoms with Gasteiger partial charge in [-0.15, -0.1) is 0 Å². The van der Waals surface area contributed by atoms with E-state index in [0.29, 0.717) is 6.04 Å². The van der Waals surface area contributed by atoms with Crippen molar-refractivity contribution in [3.8, 4) is 0 Å². The Hall–Kier alpha value is -0.580. The molecule has 1 heterocycles. The molecule has 0 amide bonds. The molecule has 1 aliphatic heterocycles. The van der Waals surface area contributed by atoms with Crippen LogP contribution in [0.1, 0.15) is 31.9 Å². The molecule has 3 nitrogen and oxygen atoms in total. The number of aliphatic hydroxyl groups is 1. The maximum absolute atomic E-state index is 9.67. The van der Waals surface area contributed by atoms with Crippen molar-refractivity contribution < 1.29 is 5.11 Å². The lowest BCUT2D eigenvalue weighted by Crippen LogP contribution is -2.51. The normalized spacial score (nSPS) is 22.6. The predicted molar refractivity (Wildman–Crippen MR) is 83.7 cm³/mol. The van der Waals surface area contributed by atoms with Crippen molar-refractivity contribution in [3.63, 3.8) is 0 Å². The zero-order chi connectivity index (χ0) is 14.0. The molecule has 0 aliphatic carbocycles. The summed E-state index contributed by atoms with van der Waals surface area (Å²) in [6.45, 7) is 7.29. The van der Waals surface area contributed by atoms with Crippen molar-refractivity contribution in [2.45, 2.75) is 32.4 Å². The Morgan fingerprint density at radius 3 is 2.74 bits per heavy atom. The average Bonchev–Trinajstić information content (AvgIpc) is 2.38. The van der Waals surface area contributed by atoms with Crippen LogP contribution in [0.3, 0.4) is 0 Å². The minimum atomic E-state index is -0.431. The Morgan fingerprint density at radius 2 is 2.16 bits per heavy atom. The van der Waals surface area contributed by atoms with Gasteiger partial charge in [-0.05, 0) is 38.1 Å². The summed E-state index contributed by atoms with van der Waals surface area (Å²) in [4.78, 5) is 4.88. The number of piperazine rings is 1.